The molecule has 54 valence electrons. The van der Waals surface area contributed by atoms with Crippen LogP contribution in [-0.4, -0.2) is 17.0 Å². The van der Waals surface area contributed by atoms with Gasteiger partial charge in [0.25, 0.3) is 0 Å². The van der Waals surface area contributed by atoms with Crippen molar-refractivity contribution in [3.8, 4) is 0 Å². The molecule has 0 N–H and O–H groups in total. The van der Waals surface area contributed by atoms with E-state index in [1.807, 2.05) is 0 Å². The molecule has 0 aromatic carbocycles. The summed E-state index contributed by atoms with van der Waals surface area (Å²) in [5.74, 6) is 0. The van der Waals surface area contributed by atoms with Crippen LogP contribution in [-0.2, 0) is 0 Å². The average molecular weight is 135 g/mol. The zero-order chi connectivity index (χ0) is 6.55. The van der Waals surface area contributed by atoms with Gasteiger partial charge in [0.2, 0.25) is 0 Å². The molecule has 0 amide bonds. The van der Waals surface area contributed by atoms with Crippen molar-refractivity contribution in [1.29, 1.82) is 0 Å². The lowest BCUT2D eigenvalue weighted by Gasteiger charge is -2.20. The summed E-state index contributed by atoms with van der Waals surface area (Å²) in [6.45, 7) is 0. The Bertz CT molecular complexity index is 195. The summed E-state index contributed by atoms with van der Waals surface area (Å²) in [6, 6.07) is 1.89. The molecule has 3 aliphatic heterocycles. The predicted molar refractivity (Wildman–Crippen MR) is 40.6 cm³/mol. The molecule has 3 rings (SSSR count). The molecular weight excluding hydrogens is 122 g/mol. The molecule has 0 spiro atoms. The molecule has 0 saturated carbocycles. The van der Waals surface area contributed by atoms with Gasteiger partial charge in [-0.3, -0.25) is 0 Å². The summed E-state index contributed by atoms with van der Waals surface area (Å²) in [7, 11) is 0. The van der Waals surface area contributed by atoms with Crippen molar-refractivity contribution >= 4 is 0 Å². The van der Waals surface area contributed by atoms with Crippen LogP contribution in [0.25, 0.3) is 0 Å². The van der Waals surface area contributed by atoms with E-state index in [1.54, 1.807) is 5.70 Å². The lowest BCUT2D eigenvalue weighted by Crippen LogP contribution is -2.25. The van der Waals surface area contributed by atoms with Gasteiger partial charge in [-0.15, -0.1) is 0 Å². The summed E-state index contributed by atoms with van der Waals surface area (Å²) in [5, 5.41) is 0. The Hall–Kier alpha value is -0.460. The maximum atomic E-state index is 2.69. The van der Waals surface area contributed by atoms with Crippen molar-refractivity contribution < 1.29 is 0 Å². The van der Waals surface area contributed by atoms with Crippen LogP contribution in [0.5, 0.6) is 0 Å². The van der Waals surface area contributed by atoms with E-state index in [9.17, 15) is 0 Å². The molecule has 10 heavy (non-hydrogen) atoms. The molecule has 2 fully saturated rings. The molecule has 1 nitrogen and oxygen atoms in total. The normalized spacial score (nSPS) is 42.4. The second-order valence-electron chi connectivity index (χ2n) is 3.76. The topological polar surface area (TPSA) is 3.24 Å². The maximum Gasteiger partial charge on any atom is 0.0325 e. The van der Waals surface area contributed by atoms with Gasteiger partial charge in [-0.25, -0.2) is 0 Å². The molecule has 0 aromatic heterocycles. The predicted octanol–water partition coefficient (Wildman–Crippen LogP) is 1.90. The lowest BCUT2D eigenvalue weighted by atomic mass is 10.1. The molecule has 1 heteroatoms. The van der Waals surface area contributed by atoms with Crippen molar-refractivity contribution in [3.05, 3.63) is 11.8 Å². The van der Waals surface area contributed by atoms with Gasteiger partial charge in [-0.05, 0) is 32.1 Å². The standard InChI is InChI=1S/C9H13N/c1-2-8-5-6-9-4-3-7(1)10(8)9/h1,8-9H,2-6H2. The van der Waals surface area contributed by atoms with E-state index in [1.165, 1.54) is 32.1 Å². The van der Waals surface area contributed by atoms with Gasteiger partial charge in [-0.1, -0.05) is 6.08 Å². The Morgan fingerprint density at radius 2 is 2.10 bits per heavy atom. The smallest absolute Gasteiger partial charge is 0.0325 e. The first-order chi connectivity index (χ1) is 4.95. The fraction of sp³-hybridized carbons (Fsp3) is 0.778. The van der Waals surface area contributed by atoms with Crippen molar-refractivity contribution in [1.82, 2.24) is 4.90 Å². The van der Waals surface area contributed by atoms with E-state index in [0.717, 1.165) is 12.1 Å². The van der Waals surface area contributed by atoms with E-state index in [-0.39, 0.29) is 0 Å². The highest BCUT2D eigenvalue weighted by molar-refractivity contribution is 5.20. The Morgan fingerprint density at radius 3 is 3.10 bits per heavy atom. The van der Waals surface area contributed by atoms with Gasteiger partial charge in [0.05, 0.1) is 0 Å². The number of nitrogens with zero attached hydrogens (tertiary/aromatic N) is 1. The first kappa shape index (κ1) is 5.22. The molecular formula is C9H13N. The van der Waals surface area contributed by atoms with Crippen LogP contribution in [0.15, 0.2) is 11.8 Å². The minimum absolute atomic E-state index is 0.933. The van der Waals surface area contributed by atoms with Crippen LogP contribution in [0.2, 0.25) is 0 Å². The zero-order valence-corrected chi connectivity index (χ0v) is 6.21. The monoisotopic (exact) mass is 135 g/mol. The Balaban J connectivity index is 2.03. The summed E-state index contributed by atoms with van der Waals surface area (Å²) >= 11 is 0. The Labute approximate surface area is 61.7 Å². The average Bonchev–Trinajstić information content (AvgIpc) is 2.56. The molecule has 0 aliphatic carbocycles. The third-order valence-corrected chi connectivity index (χ3v) is 3.31. The molecule has 2 atom stereocenters. The third-order valence-electron chi connectivity index (χ3n) is 3.31. The summed E-state index contributed by atoms with van der Waals surface area (Å²) in [4.78, 5) is 2.69. The van der Waals surface area contributed by atoms with E-state index < -0.39 is 0 Å². The SMILES string of the molecule is C1=C2CCC3CCC(C1)N23. The van der Waals surface area contributed by atoms with Crippen molar-refractivity contribution in [2.24, 2.45) is 0 Å². The molecule has 0 bridgehead atoms. The van der Waals surface area contributed by atoms with Gasteiger partial charge in [0.1, 0.15) is 0 Å². The summed E-state index contributed by atoms with van der Waals surface area (Å²) < 4.78 is 0. The fourth-order valence-corrected chi connectivity index (χ4v) is 2.87. The van der Waals surface area contributed by atoms with Crippen molar-refractivity contribution in [2.75, 3.05) is 0 Å². The number of allylic oxidation sites excluding steroid dienone is 1. The Morgan fingerprint density at radius 1 is 1.20 bits per heavy atom. The summed E-state index contributed by atoms with van der Waals surface area (Å²) in [6.07, 6.45) is 9.58. The maximum absolute atomic E-state index is 2.69. The van der Waals surface area contributed by atoms with Gasteiger partial charge >= 0.3 is 0 Å². The highest BCUT2D eigenvalue weighted by atomic mass is 15.3. The second kappa shape index (κ2) is 1.58. The first-order valence-electron chi connectivity index (χ1n) is 4.42. The van der Waals surface area contributed by atoms with E-state index in [4.69, 9.17) is 0 Å². The third kappa shape index (κ3) is 0.458. The number of hydrogen-bond donors (Lipinski definition) is 0. The van der Waals surface area contributed by atoms with Crippen molar-refractivity contribution in [3.63, 3.8) is 0 Å². The minimum Gasteiger partial charge on any atom is -0.369 e. The molecule has 2 unspecified atom stereocenters. The van der Waals surface area contributed by atoms with Gasteiger partial charge < -0.3 is 4.90 Å². The van der Waals surface area contributed by atoms with Crippen molar-refractivity contribution in [2.45, 2.75) is 44.2 Å². The largest absolute Gasteiger partial charge is 0.369 e. The molecule has 3 heterocycles. The van der Waals surface area contributed by atoms with Gasteiger partial charge in [0.15, 0.2) is 0 Å². The van der Waals surface area contributed by atoms with Crippen LogP contribution in [0.3, 0.4) is 0 Å². The van der Waals surface area contributed by atoms with Crippen LogP contribution in [0.4, 0.5) is 0 Å². The fourth-order valence-electron chi connectivity index (χ4n) is 2.87. The molecule has 0 aromatic rings. The van der Waals surface area contributed by atoms with E-state index in [0.29, 0.717) is 0 Å². The molecule has 3 aliphatic rings. The van der Waals surface area contributed by atoms with Gasteiger partial charge in [0, 0.05) is 17.8 Å². The van der Waals surface area contributed by atoms with Crippen LogP contribution >= 0.6 is 0 Å². The quantitative estimate of drug-likeness (QED) is 0.490. The summed E-state index contributed by atoms with van der Waals surface area (Å²) in [5.41, 5.74) is 1.67. The number of rotatable bonds is 0. The zero-order valence-electron chi connectivity index (χ0n) is 6.21. The van der Waals surface area contributed by atoms with Gasteiger partial charge in [-0.2, -0.15) is 0 Å². The van der Waals surface area contributed by atoms with Crippen LogP contribution in [0.1, 0.15) is 32.1 Å². The highest BCUT2D eigenvalue weighted by Gasteiger charge is 2.41. The molecule has 2 saturated heterocycles. The highest BCUT2D eigenvalue weighted by Crippen LogP contribution is 2.44. The van der Waals surface area contributed by atoms with Crippen LogP contribution in [0, 0.1) is 0 Å². The number of hydrogen-bond acceptors (Lipinski definition) is 1. The lowest BCUT2D eigenvalue weighted by molar-refractivity contribution is 0.313. The van der Waals surface area contributed by atoms with Crippen LogP contribution < -0.4 is 0 Å². The second-order valence-corrected chi connectivity index (χ2v) is 3.76. The first-order valence-corrected chi connectivity index (χ1v) is 4.42. The van der Waals surface area contributed by atoms with E-state index >= 15 is 0 Å². The van der Waals surface area contributed by atoms with E-state index in [2.05, 4.69) is 11.0 Å². The Kier molecular flexibility index (Phi) is 0.825. The molecule has 0 radical (unpaired) electrons. The minimum atomic E-state index is 0.933.